The van der Waals surface area contributed by atoms with Gasteiger partial charge in [0.1, 0.15) is 0 Å². The second-order valence-corrected chi connectivity index (χ2v) is 7.03. The normalized spacial score (nSPS) is 16.6. The van der Waals surface area contributed by atoms with Crippen molar-refractivity contribution in [2.24, 2.45) is 5.92 Å². The van der Waals surface area contributed by atoms with Crippen molar-refractivity contribution in [1.82, 2.24) is 20.3 Å². The lowest BCUT2D eigenvalue weighted by Crippen LogP contribution is -2.23. The number of amides is 1. The third kappa shape index (κ3) is 3.98. The van der Waals surface area contributed by atoms with Crippen LogP contribution in [0.3, 0.4) is 0 Å². The van der Waals surface area contributed by atoms with Crippen LogP contribution in [0.15, 0.2) is 24.4 Å². The second kappa shape index (κ2) is 7.76. The molecule has 7 heteroatoms. The Balaban J connectivity index is 1.27. The highest BCUT2D eigenvalue weighted by Crippen LogP contribution is 2.32. The molecule has 2 aliphatic rings. The molecule has 0 saturated heterocycles. The van der Waals surface area contributed by atoms with Gasteiger partial charge in [0.2, 0.25) is 6.79 Å². The fourth-order valence-electron chi connectivity index (χ4n) is 3.63. The molecular weight excluding hydrogens is 332 g/mol. The predicted octanol–water partition coefficient (Wildman–Crippen LogP) is 2.91. The number of hydrogen-bond acceptors (Lipinski definition) is 5. The third-order valence-electron chi connectivity index (χ3n) is 5.15. The van der Waals surface area contributed by atoms with Crippen molar-refractivity contribution in [2.45, 2.75) is 51.6 Å². The molecule has 1 aliphatic carbocycles. The van der Waals surface area contributed by atoms with Crippen LogP contribution in [-0.2, 0) is 13.1 Å². The van der Waals surface area contributed by atoms with E-state index in [0.717, 1.165) is 30.2 Å². The molecule has 7 nitrogen and oxygen atoms in total. The van der Waals surface area contributed by atoms with Gasteiger partial charge in [-0.1, -0.05) is 43.4 Å². The van der Waals surface area contributed by atoms with Crippen molar-refractivity contribution >= 4 is 5.91 Å². The minimum atomic E-state index is -0.216. The van der Waals surface area contributed by atoms with Crippen LogP contribution in [-0.4, -0.2) is 27.7 Å². The smallest absolute Gasteiger partial charge is 0.273 e. The highest BCUT2D eigenvalue weighted by molar-refractivity contribution is 5.91. The summed E-state index contributed by atoms with van der Waals surface area (Å²) in [5.74, 6) is 2.02. The molecule has 1 aliphatic heterocycles. The lowest BCUT2D eigenvalue weighted by Gasteiger charge is -2.20. The van der Waals surface area contributed by atoms with E-state index in [1.54, 1.807) is 10.9 Å². The fourth-order valence-corrected chi connectivity index (χ4v) is 3.63. The summed E-state index contributed by atoms with van der Waals surface area (Å²) in [5, 5.41) is 11.0. The second-order valence-electron chi connectivity index (χ2n) is 7.03. The Morgan fingerprint density at radius 2 is 2.04 bits per heavy atom. The zero-order valence-corrected chi connectivity index (χ0v) is 14.8. The van der Waals surface area contributed by atoms with E-state index in [-0.39, 0.29) is 12.7 Å². The Kier molecular flexibility index (Phi) is 5.04. The van der Waals surface area contributed by atoms with E-state index in [1.807, 2.05) is 18.2 Å². The molecule has 1 amide bonds. The number of carbonyl (C=O) groups excluding carboxylic acids is 1. The van der Waals surface area contributed by atoms with Gasteiger partial charge in [-0.3, -0.25) is 9.48 Å². The van der Waals surface area contributed by atoms with Gasteiger partial charge < -0.3 is 14.8 Å². The number of fused-ring (bicyclic) bond motifs is 1. The molecule has 2 heterocycles. The molecule has 1 aromatic heterocycles. The van der Waals surface area contributed by atoms with E-state index in [2.05, 4.69) is 15.6 Å². The minimum absolute atomic E-state index is 0.216. The van der Waals surface area contributed by atoms with Gasteiger partial charge >= 0.3 is 0 Å². The first-order chi connectivity index (χ1) is 12.8. The first-order valence-electron chi connectivity index (χ1n) is 9.35. The number of carbonyl (C=O) groups is 1. The zero-order chi connectivity index (χ0) is 17.8. The number of benzene rings is 1. The number of nitrogens with zero attached hydrogens (tertiary/aromatic N) is 3. The predicted molar refractivity (Wildman–Crippen MR) is 94.9 cm³/mol. The Bertz CT molecular complexity index is 768. The molecule has 2 aromatic rings. The van der Waals surface area contributed by atoms with Crippen LogP contribution < -0.4 is 14.8 Å². The molecule has 138 valence electrons. The average Bonchev–Trinajstić information content (AvgIpc) is 3.34. The first kappa shape index (κ1) is 16.9. The Morgan fingerprint density at radius 1 is 1.19 bits per heavy atom. The van der Waals surface area contributed by atoms with Crippen LogP contribution >= 0.6 is 0 Å². The SMILES string of the molecule is O=C(NCc1ccc2c(c1)OCO2)c1cn(CCC2CCCCC2)nn1. The van der Waals surface area contributed by atoms with Crippen LogP contribution in [0.25, 0.3) is 0 Å². The topological polar surface area (TPSA) is 78.3 Å². The standard InChI is InChI=1S/C19H24N4O3/c24-19(20-11-15-6-7-17-18(10-15)26-13-25-17)16-12-23(22-21-16)9-8-14-4-2-1-3-5-14/h6-7,10,12,14H,1-5,8-9,11,13H2,(H,20,24). The maximum absolute atomic E-state index is 12.3. The molecule has 0 radical (unpaired) electrons. The van der Waals surface area contributed by atoms with Crippen LogP contribution in [0, 0.1) is 5.92 Å². The van der Waals surface area contributed by atoms with E-state index in [1.165, 1.54) is 32.1 Å². The molecule has 0 bridgehead atoms. The summed E-state index contributed by atoms with van der Waals surface area (Å²) < 4.78 is 12.4. The number of aryl methyl sites for hydroxylation is 1. The highest BCUT2D eigenvalue weighted by atomic mass is 16.7. The highest BCUT2D eigenvalue weighted by Gasteiger charge is 2.16. The van der Waals surface area contributed by atoms with E-state index in [0.29, 0.717) is 18.0 Å². The lowest BCUT2D eigenvalue weighted by molar-refractivity contribution is 0.0945. The van der Waals surface area contributed by atoms with Gasteiger partial charge in [0.05, 0.1) is 6.20 Å². The van der Waals surface area contributed by atoms with Crippen LogP contribution in [0.2, 0.25) is 0 Å². The Hall–Kier alpha value is -2.57. The van der Waals surface area contributed by atoms with Gasteiger partial charge in [0.15, 0.2) is 17.2 Å². The van der Waals surface area contributed by atoms with Crippen molar-refractivity contribution in [3.05, 3.63) is 35.7 Å². The van der Waals surface area contributed by atoms with E-state index >= 15 is 0 Å². The van der Waals surface area contributed by atoms with Gasteiger partial charge in [0.25, 0.3) is 5.91 Å². The van der Waals surface area contributed by atoms with Gasteiger partial charge in [-0.05, 0) is 30.0 Å². The van der Waals surface area contributed by atoms with Gasteiger partial charge in [-0.2, -0.15) is 0 Å². The molecule has 26 heavy (non-hydrogen) atoms. The van der Waals surface area contributed by atoms with Gasteiger partial charge in [-0.15, -0.1) is 5.10 Å². The molecule has 1 N–H and O–H groups in total. The van der Waals surface area contributed by atoms with Crippen molar-refractivity contribution in [1.29, 1.82) is 0 Å². The summed E-state index contributed by atoms with van der Waals surface area (Å²) in [6, 6.07) is 5.64. The summed E-state index contributed by atoms with van der Waals surface area (Å²) >= 11 is 0. The van der Waals surface area contributed by atoms with Crippen molar-refractivity contribution in [2.75, 3.05) is 6.79 Å². The fraction of sp³-hybridized carbons (Fsp3) is 0.526. The maximum Gasteiger partial charge on any atom is 0.273 e. The summed E-state index contributed by atoms with van der Waals surface area (Å²) in [6.07, 6.45) is 9.53. The molecule has 1 saturated carbocycles. The number of nitrogens with one attached hydrogen (secondary N) is 1. The molecule has 0 atom stereocenters. The lowest BCUT2D eigenvalue weighted by atomic mass is 9.87. The zero-order valence-electron chi connectivity index (χ0n) is 14.8. The van der Waals surface area contributed by atoms with Crippen LogP contribution in [0.4, 0.5) is 0 Å². The largest absolute Gasteiger partial charge is 0.454 e. The maximum atomic E-state index is 12.3. The summed E-state index contributed by atoms with van der Waals surface area (Å²) in [7, 11) is 0. The van der Waals surface area contributed by atoms with Crippen LogP contribution in [0.1, 0.15) is 54.6 Å². The van der Waals surface area contributed by atoms with E-state index in [4.69, 9.17) is 9.47 Å². The number of aromatic nitrogens is 3. The Morgan fingerprint density at radius 3 is 2.92 bits per heavy atom. The number of rotatable bonds is 6. The van der Waals surface area contributed by atoms with Crippen molar-refractivity contribution < 1.29 is 14.3 Å². The monoisotopic (exact) mass is 356 g/mol. The van der Waals surface area contributed by atoms with Gasteiger partial charge in [-0.25, -0.2) is 0 Å². The van der Waals surface area contributed by atoms with Crippen molar-refractivity contribution in [3.8, 4) is 11.5 Å². The Labute approximate surface area is 152 Å². The summed E-state index contributed by atoms with van der Waals surface area (Å²) in [5.41, 5.74) is 1.31. The molecule has 4 rings (SSSR count). The molecule has 1 fully saturated rings. The quantitative estimate of drug-likeness (QED) is 0.861. The molecule has 0 unspecified atom stereocenters. The average molecular weight is 356 g/mol. The van der Waals surface area contributed by atoms with Crippen LogP contribution in [0.5, 0.6) is 11.5 Å². The molecule has 1 aromatic carbocycles. The minimum Gasteiger partial charge on any atom is -0.454 e. The molecular formula is C19H24N4O3. The number of ether oxygens (including phenoxy) is 2. The molecule has 0 spiro atoms. The summed E-state index contributed by atoms with van der Waals surface area (Å²) in [6.45, 7) is 1.48. The van der Waals surface area contributed by atoms with Crippen molar-refractivity contribution in [3.63, 3.8) is 0 Å². The summed E-state index contributed by atoms with van der Waals surface area (Å²) in [4.78, 5) is 12.3. The third-order valence-corrected chi connectivity index (χ3v) is 5.15. The first-order valence-corrected chi connectivity index (χ1v) is 9.35. The number of hydrogen-bond donors (Lipinski definition) is 1. The van der Waals surface area contributed by atoms with Gasteiger partial charge in [0, 0.05) is 13.1 Å². The van der Waals surface area contributed by atoms with E-state index < -0.39 is 0 Å². The van der Waals surface area contributed by atoms with E-state index in [9.17, 15) is 4.79 Å².